The van der Waals surface area contributed by atoms with Crippen molar-refractivity contribution in [2.24, 2.45) is 5.92 Å². The largest absolute Gasteiger partial charge is 0.388 e. The molecule has 4 heteroatoms. The molecule has 0 aliphatic carbocycles. The molecule has 0 radical (unpaired) electrons. The molecule has 1 heterocycles. The summed E-state index contributed by atoms with van der Waals surface area (Å²) in [4.78, 5) is 9.10. The summed E-state index contributed by atoms with van der Waals surface area (Å²) in [6, 6.07) is 7.80. The van der Waals surface area contributed by atoms with Crippen molar-refractivity contribution in [1.29, 1.82) is 0 Å². The van der Waals surface area contributed by atoms with E-state index in [1.807, 2.05) is 38.1 Å². The lowest BCUT2D eigenvalue weighted by Gasteiger charge is -2.26. The number of rotatable bonds is 5. The summed E-state index contributed by atoms with van der Waals surface area (Å²) in [6.45, 7) is 8.47. The first-order valence-electron chi connectivity index (χ1n) is 7.07. The molecule has 2 aromatic rings. The van der Waals surface area contributed by atoms with E-state index >= 15 is 0 Å². The van der Waals surface area contributed by atoms with Gasteiger partial charge in [0.05, 0.1) is 22.3 Å². The smallest absolute Gasteiger partial charge is 0.148 e. The minimum atomic E-state index is -0.742. The van der Waals surface area contributed by atoms with Gasteiger partial charge in [0.25, 0.3) is 0 Å². The van der Waals surface area contributed by atoms with Crippen molar-refractivity contribution in [3.63, 3.8) is 0 Å². The lowest BCUT2D eigenvalue weighted by molar-refractivity contribution is 0.0514. The molecule has 1 atom stereocenters. The van der Waals surface area contributed by atoms with Gasteiger partial charge in [-0.3, -0.25) is 0 Å². The number of hydrogen-bond donors (Lipinski definition) is 2. The van der Waals surface area contributed by atoms with Crippen molar-refractivity contribution in [2.75, 3.05) is 11.9 Å². The Bertz CT molecular complexity index is 593. The third-order valence-corrected chi connectivity index (χ3v) is 3.23. The molecule has 20 heavy (non-hydrogen) atoms. The first kappa shape index (κ1) is 14.7. The molecule has 0 fully saturated rings. The molecule has 108 valence electrons. The number of anilines is 1. The standard InChI is InChI=1S/C16H23N3O/c1-11(2)9-16(4,20)10-17-15-12(3)18-13-7-5-6-8-14(13)19-15/h5-8,11,20H,9-10H2,1-4H3,(H,17,19). The zero-order valence-electron chi connectivity index (χ0n) is 12.6. The highest BCUT2D eigenvalue weighted by Gasteiger charge is 2.22. The summed E-state index contributed by atoms with van der Waals surface area (Å²) in [5, 5.41) is 13.6. The van der Waals surface area contributed by atoms with Gasteiger partial charge in [-0.2, -0.15) is 0 Å². The van der Waals surface area contributed by atoms with Gasteiger partial charge in [-0.05, 0) is 38.3 Å². The molecule has 2 N–H and O–H groups in total. The number of aromatic nitrogens is 2. The zero-order valence-corrected chi connectivity index (χ0v) is 12.6. The zero-order chi connectivity index (χ0) is 14.8. The Kier molecular flexibility index (Phi) is 4.23. The van der Waals surface area contributed by atoms with E-state index in [4.69, 9.17) is 0 Å². The molecule has 0 spiro atoms. The van der Waals surface area contributed by atoms with E-state index in [9.17, 15) is 5.11 Å². The van der Waals surface area contributed by atoms with E-state index in [-0.39, 0.29) is 0 Å². The second kappa shape index (κ2) is 5.75. The number of fused-ring (bicyclic) bond motifs is 1. The van der Waals surface area contributed by atoms with Crippen molar-refractivity contribution in [3.8, 4) is 0 Å². The molecule has 0 saturated heterocycles. The summed E-state index contributed by atoms with van der Waals surface area (Å²) in [5.41, 5.74) is 1.87. The maximum Gasteiger partial charge on any atom is 0.148 e. The fraction of sp³-hybridized carbons (Fsp3) is 0.500. The number of hydrogen-bond acceptors (Lipinski definition) is 4. The lowest BCUT2D eigenvalue weighted by atomic mass is 9.94. The molecule has 0 aliphatic rings. The lowest BCUT2D eigenvalue weighted by Crippen LogP contribution is -2.35. The van der Waals surface area contributed by atoms with Crippen LogP contribution < -0.4 is 5.32 Å². The Morgan fingerprint density at radius 2 is 1.80 bits per heavy atom. The van der Waals surface area contributed by atoms with Crippen molar-refractivity contribution in [3.05, 3.63) is 30.0 Å². The van der Waals surface area contributed by atoms with Crippen LogP contribution in [0.15, 0.2) is 24.3 Å². The Hall–Kier alpha value is -1.68. The molecule has 2 rings (SSSR count). The van der Waals surface area contributed by atoms with Crippen LogP contribution in [0.4, 0.5) is 5.82 Å². The van der Waals surface area contributed by atoms with Crippen LogP contribution in [-0.4, -0.2) is 27.2 Å². The third-order valence-electron chi connectivity index (χ3n) is 3.23. The number of para-hydroxylation sites is 2. The normalized spacial score (nSPS) is 14.5. The van der Waals surface area contributed by atoms with E-state index in [1.165, 1.54) is 0 Å². The molecular weight excluding hydrogens is 250 g/mol. The molecule has 4 nitrogen and oxygen atoms in total. The average molecular weight is 273 g/mol. The first-order valence-corrected chi connectivity index (χ1v) is 7.07. The minimum absolute atomic E-state index is 0.454. The van der Waals surface area contributed by atoms with Gasteiger partial charge in [-0.15, -0.1) is 0 Å². The average Bonchev–Trinajstić information content (AvgIpc) is 2.34. The Labute approximate surface area is 120 Å². The molecule has 0 bridgehead atoms. The molecule has 0 amide bonds. The summed E-state index contributed by atoms with van der Waals surface area (Å²) >= 11 is 0. The van der Waals surface area contributed by atoms with Crippen molar-refractivity contribution < 1.29 is 5.11 Å². The second-order valence-corrected chi connectivity index (χ2v) is 6.09. The Morgan fingerprint density at radius 3 is 2.40 bits per heavy atom. The fourth-order valence-electron chi connectivity index (χ4n) is 2.48. The Balaban J connectivity index is 2.15. The van der Waals surface area contributed by atoms with Crippen LogP contribution >= 0.6 is 0 Å². The predicted molar refractivity (Wildman–Crippen MR) is 82.8 cm³/mol. The summed E-state index contributed by atoms with van der Waals surface area (Å²) < 4.78 is 0. The highest BCUT2D eigenvalue weighted by Crippen LogP contribution is 2.19. The number of nitrogens with one attached hydrogen (secondary N) is 1. The summed E-state index contributed by atoms with van der Waals surface area (Å²) in [7, 11) is 0. The second-order valence-electron chi connectivity index (χ2n) is 6.09. The molecular formula is C16H23N3O. The number of benzene rings is 1. The topological polar surface area (TPSA) is 58.0 Å². The molecule has 1 aromatic heterocycles. The van der Waals surface area contributed by atoms with Crippen LogP contribution in [0.3, 0.4) is 0 Å². The van der Waals surface area contributed by atoms with Crippen LogP contribution in [0.2, 0.25) is 0 Å². The van der Waals surface area contributed by atoms with Gasteiger partial charge < -0.3 is 10.4 Å². The van der Waals surface area contributed by atoms with Crippen molar-refractivity contribution in [2.45, 2.75) is 39.7 Å². The van der Waals surface area contributed by atoms with Gasteiger partial charge in [0.15, 0.2) is 0 Å². The predicted octanol–water partition coefficient (Wildman–Crippen LogP) is 3.15. The van der Waals surface area contributed by atoms with E-state index in [2.05, 4.69) is 29.1 Å². The van der Waals surface area contributed by atoms with E-state index < -0.39 is 5.60 Å². The van der Waals surface area contributed by atoms with Crippen LogP contribution in [0.25, 0.3) is 11.0 Å². The number of aliphatic hydroxyl groups is 1. The maximum absolute atomic E-state index is 10.3. The van der Waals surface area contributed by atoms with E-state index in [0.29, 0.717) is 12.5 Å². The van der Waals surface area contributed by atoms with Crippen molar-refractivity contribution in [1.82, 2.24) is 9.97 Å². The highest BCUT2D eigenvalue weighted by atomic mass is 16.3. The quantitative estimate of drug-likeness (QED) is 0.878. The highest BCUT2D eigenvalue weighted by molar-refractivity contribution is 5.76. The van der Waals surface area contributed by atoms with Crippen LogP contribution in [0.1, 0.15) is 32.9 Å². The van der Waals surface area contributed by atoms with Crippen molar-refractivity contribution >= 4 is 16.9 Å². The summed E-state index contributed by atoms with van der Waals surface area (Å²) in [5.74, 6) is 1.20. The van der Waals surface area contributed by atoms with Gasteiger partial charge >= 0.3 is 0 Å². The van der Waals surface area contributed by atoms with Gasteiger partial charge in [0, 0.05) is 6.54 Å². The fourth-order valence-corrected chi connectivity index (χ4v) is 2.48. The third kappa shape index (κ3) is 3.67. The molecule has 0 aliphatic heterocycles. The van der Waals surface area contributed by atoms with Crippen LogP contribution in [-0.2, 0) is 0 Å². The molecule has 0 saturated carbocycles. The van der Waals surface area contributed by atoms with Gasteiger partial charge in [-0.1, -0.05) is 26.0 Å². The van der Waals surface area contributed by atoms with Gasteiger partial charge in [-0.25, -0.2) is 9.97 Å². The number of nitrogens with zero attached hydrogens (tertiary/aromatic N) is 2. The van der Waals surface area contributed by atoms with Gasteiger partial charge in [0.1, 0.15) is 5.82 Å². The van der Waals surface area contributed by atoms with E-state index in [1.54, 1.807) is 0 Å². The molecule has 1 unspecified atom stereocenters. The monoisotopic (exact) mass is 273 g/mol. The van der Waals surface area contributed by atoms with Crippen LogP contribution in [0.5, 0.6) is 0 Å². The molecule has 1 aromatic carbocycles. The Morgan fingerprint density at radius 1 is 1.20 bits per heavy atom. The van der Waals surface area contributed by atoms with E-state index in [0.717, 1.165) is 29.0 Å². The van der Waals surface area contributed by atoms with Crippen LogP contribution in [0, 0.1) is 12.8 Å². The maximum atomic E-state index is 10.3. The minimum Gasteiger partial charge on any atom is -0.388 e. The SMILES string of the molecule is Cc1nc2ccccc2nc1NCC(C)(O)CC(C)C. The number of aryl methyl sites for hydroxylation is 1. The summed E-state index contributed by atoms with van der Waals surface area (Å²) in [6.07, 6.45) is 0.750. The van der Waals surface area contributed by atoms with Gasteiger partial charge in [0.2, 0.25) is 0 Å². The first-order chi connectivity index (χ1) is 9.37.